The standard InChI is InChI=1S/2C21H20N.2C18H14N.2C12H10N.4Ir/c1-16(2)13-17-11-12-21(22-15-17)20-10-6-9-19(14-20)18-7-4-3-5-8-18;1-16(2)13-17-11-12-22-21(14-17)20-10-6-9-19(15-20)18-7-4-3-5-8-18;1-14-10-11-18(19-13-14)17-9-5-8-16(12-17)15-6-3-2-4-7-15;1-14-10-11-19-18(12-14)17-9-5-8-16(13-17)15-6-3-2-4-7-15;1-10-7-8-13-12(9-10)11-5-3-2-4-6-11;1-10-7-8-12(13-9-10)11-5-3-2-4-6-11;;;;/h2*3-9,11-12,14-16H,13H2,1-2H3;2*2-8,10-13H,1H3;2*2-5,7-9H,1H3;;;;/q6*-1;;;;. The van der Waals surface area contributed by atoms with Crippen LogP contribution in [-0.2, 0) is 93.3 Å². The molecule has 6 aromatic heterocycles. The van der Waals surface area contributed by atoms with Gasteiger partial charge in [0.25, 0.3) is 0 Å². The van der Waals surface area contributed by atoms with Crippen LogP contribution < -0.4 is 0 Å². The van der Waals surface area contributed by atoms with Crippen LogP contribution >= 0.6 is 0 Å². The number of pyridine rings is 6. The predicted octanol–water partition coefficient (Wildman–Crippen LogP) is 25.6. The molecule has 16 aromatic rings. The topological polar surface area (TPSA) is 77.3 Å². The van der Waals surface area contributed by atoms with Crippen LogP contribution in [0.2, 0.25) is 0 Å². The fourth-order valence-corrected chi connectivity index (χ4v) is 11.8. The van der Waals surface area contributed by atoms with Gasteiger partial charge in [0.15, 0.2) is 0 Å². The van der Waals surface area contributed by atoms with Gasteiger partial charge in [-0.25, -0.2) is 0 Å². The van der Waals surface area contributed by atoms with E-state index >= 15 is 0 Å². The van der Waals surface area contributed by atoms with Gasteiger partial charge >= 0.3 is 0 Å². The molecule has 0 spiro atoms. The molecule has 0 aliphatic rings. The summed E-state index contributed by atoms with van der Waals surface area (Å²) in [5.74, 6) is 1.30. The largest absolute Gasteiger partial charge is 0.305 e. The van der Waals surface area contributed by atoms with Crippen molar-refractivity contribution in [1.29, 1.82) is 0 Å². The maximum absolute atomic E-state index is 4.61. The van der Waals surface area contributed by atoms with Crippen molar-refractivity contribution in [3.63, 3.8) is 0 Å². The number of nitrogens with zero attached hydrogens (tertiary/aromatic N) is 6. The van der Waals surface area contributed by atoms with Crippen molar-refractivity contribution in [2.45, 2.75) is 68.2 Å². The second-order valence-electron chi connectivity index (χ2n) is 27.2. The molecule has 0 unspecified atom stereocenters. The molecule has 6 nitrogen and oxygen atoms in total. The normalized spacial score (nSPS) is 10.1. The Morgan fingerprint density at radius 3 is 0.857 bits per heavy atom. The molecule has 16 rings (SSSR count). The van der Waals surface area contributed by atoms with Crippen molar-refractivity contribution in [3.8, 4) is 112 Å². The number of benzene rings is 10. The van der Waals surface area contributed by atoms with Gasteiger partial charge in [0.05, 0.1) is 0 Å². The van der Waals surface area contributed by atoms with E-state index in [-0.39, 0.29) is 80.4 Å². The summed E-state index contributed by atoms with van der Waals surface area (Å²) in [6, 6.07) is 126. The maximum Gasteiger partial charge on any atom is 0.0192 e. The summed E-state index contributed by atoms with van der Waals surface area (Å²) in [6.07, 6.45) is 13.5. The number of hydrogen-bond donors (Lipinski definition) is 0. The van der Waals surface area contributed by atoms with Gasteiger partial charge in [-0.15, -0.1) is 213 Å². The van der Waals surface area contributed by atoms with Crippen LogP contribution in [0.1, 0.15) is 61.1 Å². The molecule has 0 saturated carbocycles. The van der Waals surface area contributed by atoms with Gasteiger partial charge < -0.3 is 29.9 Å². The van der Waals surface area contributed by atoms with Crippen molar-refractivity contribution in [2.24, 2.45) is 11.8 Å². The number of hydrogen-bond acceptors (Lipinski definition) is 6. The molecule has 0 aliphatic carbocycles. The number of rotatable bonds is 14. The van der Waals surface area contributed by atoms with E-state index in [1.165, 1.54) is 77.9 Å². The Morgan fingerprint density at radius 2 is 0.527 bits per heavy atom. The van der Waals surface area contributed by atoms with E-state index in [4.69, 9.17) is 0 Å². The van der Waals surface area contributed by atoms with Gasteiger partial charge in [-0.1, -0.05) is 220 Å². The molecule has 4 radical (unpaired) electrons. The quantitative estimate of drug-likeness (QED) is 0.101. The molecular weight excluding hydrogens is 2080 g/mol. The van der Waals surface area contributed by atoms with Crippen LogP contribution in [0.5, 0.6) is 0 Å². The minimum Gasteiger partial charge on any atom is -0.305 e. The smallest absolute Gasteiger partial charge is 0.0192 e. The van der Waals surface area contributed by atoms with Gasteiger partial charge in [-0.05, 0) is 144 Å². The van der Waals surface area contributed by atoms with Crippen LogP contribution in [0.3, 0.4) is 0 Å². The Balaban J connectivity index is 0.000000187. The zero-order chi connectivity index (χ0) is 75.1. The summed E-state index contributed by atoms with van der Waals surface area (Å²) in [6.45, 7) is 17.1. The van der Waals surface area contributed by atoms with Crippen molar-refractivity contribution in [1.82, 2.24) is 29.9 Å². The molecule has 6 heterocycles. The second-order valence-corrected chi connectivity index (χ2v) is 27.2. The van der Waals surface area contributed by atoms with Crippen molar-refractivity contribution in [3.05, 3.63) is 422 Å². The Morgan fingerprint density at radius 1 is 0.223 bits per heavy atom. The molecule has 112 heavy (non-hydrogen) atoms. The Labute approximate surface area is 718 Å². The van der Waals surface area contributed by atoms with Gasteiger partial charge in [0.1, 0.15) is 0 Å². The third-order valence-electron chi connectivity index (χ3n) is 17.3. The van der Waals surface area contributed by atoms with Crippen LogP contribution in [0.15, 0.2) is 353 Å². The fourth-order valence-electron chi connectivity index (χ4n) is 11.8. The molecule has 10 aromatic carbocycles. The SMILES string of the molecule is CC(C)Cc1ccc(-c2[c-]ccc(-c3ccccc3)c2)nc1.CC(C)Cc1ccnc(-c2[c-]ccc(-c3ccccc3)c2)c1.Cc1ccc(-c2[c-]ccc(-c3ccccc3)c2)nc1.Cc1ccc(-c2[c-]cccc2)nc1.Cc1ccnc(-c2[c-]ccc(-c3ccccc3)c2)c1.Cc1ccnc(-c2[c-]cccc2)c1.[Ir].[Ir].[Ir].[Ir]. The van der Waals surface area contributed by atoms with E-state index in [1.54, 1.807) is 0 Å². The third-order valence-corrected chi connectivity index (χ3v) is 17.3. The average Bonchev–Trinajstić information content (AvgIpc) is 0.850. The van der Waals surface area contributed by atoms with Gasteiger partial charge in [-0.3, -0.25) is 0 Å². The van der Waals surface area contributed by atoms with Crippen LogP contribution in [-0.4, -0.2) is 29.9 Å². The number of aryl methyl sites for hydroxylation is 4. The summed E-state index contributed by atoms with van der Waals surface area (Å²) in [4.78, 5) is 26.6. The second kappa shape index (κ2) is 47.2. The zero-order valence-corrected chi connectivity index (χ0v) is 73.7. The molecule has 0 atom stereocenters. The van der Waals surface area contributed by atoms with Crippen LogP contribution in [0.25, 0.3) is 112 Å². The summed E-state index contributed by atoms with van der Waals surface area (Å²) in [5, 5.41) is 0. The summed E-state index contributed by atoms with van der Waals surface area (Å²) in [5.41, 5.74) is 29.2. The van der Waals surface area contributed by atoms with E-state index in [0.717, 1.165) is 80.4 Å². The Bertz CT molecular complexity index is 5350. The van der Waals surface area contributed by atoms with E-state index in [1.807, 2.05) is 172 Å². The Hall–Kier alpha value is -10.3. The molecule has 0 saturated heterocycles. The van der Waals surface area contributed by atoms with E-state index in [0.29, 0.717) is 11.8 Å². The molecule has 0 N–H and O–H groups in total. The average molecular weight is 2170 g/mol. The molecule has 0 amide bonds. The van der Waals surface area contributed by atoms with Gasteiger partial charge in [-0.2, -0.15) is 0 Å². The minimum atomic E-state index is 0. The number of aromatic nitrogens is 6. The van der Waals surface area contributed by atoms with Crippen LogP contribution in [0, 0.1) is 75.9 Å². The summed E-state index contributed by atoms with van der Waals surface area (Å²) < 4.78 is 0. The molecule has 568 valence electrons. The monoisotopic (exact) mass is 2170 g/mol. The fraction of sp³-hybridized carbons (Fsp3) is 0.118. The maximum atomic E-state index is 4.61. The van der Waals surface area contributed by atoms with Gasteiger partial charge in [0, 0.05) is 118 Å². The predicted molar refractivity (Wildman–Crippen MR) is 449 cm³/mol. The third kappa shape index (κ3) is 28.2. The van der Waals surface area contributed by atoms with Crippen molar-refractivity contribution < 1.29 is 80.4 Å². The first-order chi connectivity index (χ1) is 52.8. The van der Waals surface area contributed by atoms with E-state index in [9.17, 15) is 0 Å². The van der Waals surface area contributed by atoms with Crippen molar-refractivity contribution in [2.75, 3.05) is 0 Å². The first-order valence-electron chi connectivity index (χ1n) is 36.7. The van der Waals surface area contributed by atoms with Crippen molar-refractivity contribution >= 4 is 0 Å². The van der Waals surface area contributed by atoms with E-state index in [2.05, 4.69) is 302 Å². The molecule has 0 bridgehead atoms. The van der Waals surface area contributed by atoms with Gasteiger partial charge in [0.2, 0.25) is 0 Å². The summed E-state index contributed by atoms with van der Waals surface area (Å²) >= 11 is 0. The van der Waals surface area contributed by atoms with Crippen LogP contribution in [0.4, 0.5) is 0 Å². The molecule has 0 fully saturated rings. The minimum absolute atomic E-state index is 0. The zero-order valence-electron chi connectivity index (χ0n) is 64.1. The molecule has 10 heteroatoms. The molecular formula is C102H88Ir4N6-6. The summed E-state index contributed by atoms with van der Waals surface area (Å²) in [7, 11) is 0. The first-order valence-corrected chi connectivity index (χ1v) is 36.7. The molecule has 0 aliphatic heterocycles. The van der Waals surface area contributed by atoms with E-state index < -0.39 is 0 Å². The Kier molecular flexibility index (Phi) is 37.4. The first kappa shape index (κ1) is 88.9.